The average molecular weight is 215 g/mol. The van der Waals surface area contributed by atoms with E-state index in [0.717, 1.165) is 17.1 Å². The van der Waals surface area contributed by atoms with Gasteiger partial charge in [0.15, 0.2) is 0 Å². The van der Waals surface area contributed by atoms with Crippen molar-refractivity contribution < 1.29 is 0 Å². The lowest BCUT2D eigenvalue weighted by Gasteiger charge is -2.24. The van der Waals surface area contributed by atoms with E-state index < -0.39 is 0 Å². The molecule has 0 radical (unpaired) electrons. The van der Waals surface area contributed by atoms with E-state index in [9.17, 15) is 0 Å². The van der Waals surface area contributed by atoms with Crippen molar-refractivity contribution in [1.29, 1.82) is 0 Å². The minimum absolute atomic E-state index is 0.985. The molecule has 0 bridgehead atoms. The van der Waals surface area contributed by atoms with E-state index in [4.69, 9.17) is 0 Å². The summed E-state index contributed by atoms with van der Waals surface area (Å²) in [5.74, 6) is 0. The van der Waals surface area contributed by atoms with Crippen LogP contribution in [0.2, 0.25) is 0 Å². The van der Waals surface area contributed by atoms with Gasteiger partial charge in [-0.2, -0.15) is 0 Å². The van der Waals surface area contributed by atoms with Gasteiger partial charge in [-0.15, -0.1) is 6.58 Å². The highest BCUT2D eigenvalue weighted by Gasteiger charge is 2.05. The summed E-state index contributed by atoms with van der Waals surface area (Å²) in [4.78, 5) is 2.03. The molecule has 0 aliphatic carbocycles. The van der Waals surface area contributed by atoms with Crippen molar-refractivity contribution in [3.05, 3.63) is 67.5 Å². The molecule has 0 N–H and O–H groups in total. The number of hydrogen-bond donors (Lipinski definition) is 0. The van der Waals surface area contributed by atoms with Gasteiger partial charge in [0.25, 0.3) is 0 Å². The second kappa shape index (κ2) is 7.52. The summed E-state index contributed by atoms with van der Waals surface area (Å²) in [6.45, 7) is 17.0. The number of anilines is 1. The van der Waals surface area contributed by atoms with Crippen LogP contribution in [0.5, 0.6) is 0 Å². The third-order valence-electron chi connectivity index (χ3n) is 1.78. The van der Waals surface area contributed by atoms with Crippen LogP contribution in [-0.4, -0.2) is 0 Å². The van der Waals surface area contributed by atoms with Crippen molar-refractivity contribution >= 4 is 5.69 Å². The molecule has 0 unspecified atom stereocenters. The van der Waals surface area contributed by atoms with E-state index in [1.807, 2.05) is 56.0 Å². The fourth-order valence-electron chi connectivity index (χ4n) is 1.34. The van der Waals surface area contributed by atoms with Crippen molar-refractivity contribution in [2.75, 3.05) is 4.90 Å². The van der Waals surface area contributed by atoms with Gasteiger partial charge < -0.3 is 4.90 Å². The van der Waals surface area contributed by atoms with Gasteiger partial charge in [-0.1, -0.05) is 37.4 Å². The van der Waals surface area contributed by atoms with Gasteiger partial charge in [-0.05, 0) is 32.9 Å². The first-order valence-corrected chi connectivity index (χ1v) is 5.27. The van der Waals surface area contributed by atoms with Crippen LogP contribution >= 0.6 is 0 Å². The standard InChI is InChI=1S/C12H15N.C3H6/c1-10(2)13(11(3)4)12-8-6-5-7-9-12;1-3-2/h5-9H,1,3H2,2,4H3;3H,1H2,2H3. The first-order valence-electron chi connectivity index (χ1n) is 5.27. The smallest absolute Gasteiger partial charge is 0.0454 e. The lowest BCUT2D eigenvalue weighted by Crippen LogP contribution is -2.16. The zero-order chi connectivity index (χ0) is 12.6. The molecule has 1 heteroatoms. The average Bonchev–Trinajstić information content (AvgIpc) is 2.19. The minimum atomic E-state index is 0.985. The zero-order valence-electron chi connectivity index (χ0n) is 10.5. The van der Waals surface area contributed by atoms with E-state index in [1.165, 1.54) is 0 Å². The Bertz CT molecular complexity index is 335. The van der Waals surface area contributed by atoms with Crippen LogP contribution in [0.4, 0.5) is 5.69 Å². The molecule has 0 atom stereocenters. The second-order valence-corrected chi connectivity index (χ2v) is 3.55. The predicted molar refractivity (Wildman–Crippen MR) is 74.4 cm³/mol. The van der Waals surface area contributed by atoms with Crippen LogP contribution in [0.15, 0.2) is 67.5 Å². The highest BCUT2D eigenvalue weighted by atomic mass is 15.1. The number of hydrogen-bond acceptors (Lipinski definition) is 1. The van der Waals surface area contributed by atoms with Gasteiger partial charge in [-0.3, -0.25) is 0 Å². The molecule has 0 saturated heterocycles. The molecule has 86 valence electrons. The fraction of sp³-hybridized carbons (Fsp3) is 0.200. The number of allylic oxidation sites excluding steroid dienone is 3. The summed E-state index contributed by atoms with van der Waals surface area (Å²) in [6.07, 6.45) is 1.75. The first-order chi connectivity index (χ1) is 7.54. The monoisotopic (exact) mass is 215 g/mol. The Morgan fingerprint density at radius 3 is 1.75 bits per heavy atom. The van der Waals surface area contributed by atoms with Crippen molar-refractivity contribution in [2.45, 2.75) is 20.8 Å². The molecule has 0 fully saturated rings. The van der Waals surface area contributed by atoms with Gasteiger partial charge >= 0.3 is 0 Å². The van der Waals surface area contributed by atoms with E-state index >= 15 is 0 Å². The summed E-state index contributed by atoms with van der Waals surface area (Å²) in [6, 6.07) is 10.1. The van der Waals surface area contributed by atoms with Crippen LogP contribution in [0.25, 0.3) is 0 Å². The molecule has 1 aromatic rings. The third-order valence-corrected chi connectivity index (χ3v) is 1.78. The Kier molecular flexibility index (Phi) is 6.69. The molecule has 1 nitrogen and oxygen atoms in total. The Morgan fingerprint density at radius 1 is 1.06 bits per heavy atom. The maximum Gasteiger partial charge on any atom is 0.0454 e. The maximum absolute atomic E-state index is 3.92. The van der Waals surface area contributed by atoms with Crippen molar-refractivity contribution in [3.63, 3.8) is 0 Å². The second-order valence-electron chi connectivity index (χ2n) is 3.55. The lowest BCUT2D eigenvalue weighted by molar-refractivity contribution is 1.08. The van der Waals surface area contributed by atoms with Crippen LogP contribution < -0.4 is 4.90 Å². The summed E-state index contributed by atoms with van der Waals surface area (Å²) in [7, 11) is 0. The number of rotatable bonds is 3. The van der Waals surface area contributed by atoms with Crippen LogP contribution in [0, 0.1) is 0 Å². The molecule has 0 aliphatic heterocycles. The van der Waals surface area contributed by atoms with Crippen molar-refractivity contribution in [3.8, 4) is 0 Å². The topological polar surface area (TPSA) is 3.24 Å². The van der Waals surface area contributed by atoms with E-state index in [2.05, 4.69) is 19.7 Å². The van der Waals surface area contributed by atoms with Gasteiger partial charge in [0, 0.05) is 17.1 Å². The molecular weight excluding hydrogens is 194 g/mol. The summed E-state index contributed by atoms with van der Waals surface area (Å²) >= 11 is 0. The van der Waals surface area contributed by atoms with Crippen LogP contribution in [0.3, 0.4) is 0 Å². The molecule has 0 amide bonds. The summed E-state index contributed by atoms with van der Waals surface area (Å²) in [5, 5.41) is 0. The van der Waals surface area contributed by atoms with Crippen LogP contribution in [-0.2, 0) is 0 Å². The first kappa shape index (κ1) is 14.2. The molecule has 0 aliphatic rings. The SMILES string of the molecule is C=C(C)N(C(=C)C)c1ccccc1.C=CC. The number of benzene rings is 1. The van der Waals surface area contributed by atoms with E-state index in [0.29, 0.717) is 0 Å². The lowest BCUT2D eigenvalue weighted by atomic mass is 10.2. The Labute approximate surface area is 99.4 Å². The van der Waals surface area contributed by atoms with Crippen molar-refractivity contribution in [2.24, 2.45) is 0 Å². The highest BCUT2D eigenvalue weighted by Crippen LogP contribution is 2.21. The van der Waals surface area contributed by atoms with Crippen molar-refractivity contribution in [1.82, 2.24) is 0 Å². The molecule has 0 saturated carbocycles. The summed E-state index contributed by atoms with van der Waals surface area (Å²) in [5.41, 5.74) is 3.08. The third kappa shape index (κ3) is 4.65. The molecule has 0 heterocycles. The quantitative estimate of drug-likeness (QED) is 0.657. The fourth-order valence-corrected chi connectivity index (χ4v) is 1.34. The molecule has 16 heavy (non-hydrogen) atoms. The largest absolute Gasteiger partial charge is 0.320 e. The molecule has 1 rings (SSSR count). The predicted octanol–water partition coefficient (Wildman–Crippen LogP) is 4.75. The highest BCUT2D eigenvalue weighted by molar-refractivity contribution is 5.56. The summed E-state index contributed by atoms with van der Waals surface area (Å²) < 4.78 is 0. The normalized spacial score (nSPS) is 8.44. The Morgan fingerprint density at radius 2 is 1.44 bits per heavy atom. The maximum atomic E-state index is 3.92. The van der Waals surface area contributed by atoms with Gasteiger partial charge in [0.05, 0.1) is 0 Å². The number of para-hydroxylation sites is 1. The molecule has 0 aromatic heterocycles. The minimum Gasteiger partial charge on any atom is -0.320 e. The zero-order valence-corrected chi connectivity index (χ0v) is 10.5. The van der Waals surface area contributed by atoms with Crippen LogP contribution in [0.1, 0.15) is 20.8 Å². The number of nitrogens with zero attached hydrogens (tertiary/aromatic N) is 1. The Balaban J connectivity index is 0.000000673. The van der Waals surface area contributed by atoms with Gasteiger partial charge in [-0.25, -0.2) is 0 Å². The van der Waals surface area contributed by atoms with Gasteiger partial charge in [0.1, 0.15) is 0 Å². The Hall–Kier alpha value is -1.76. The van der Waals surface area contributed by atoms with E-state index in [-0.39, 0.29) is 0 Å². The van der Waals surface area contributed by atoms with Gasteiger partial charge in [0.2, 0.25) is 0 Å². The van der Waals surface area contributed by atoms with E-state index in [1.54, 1.807) is 6.08 Å². The molecule has 0 spiro atoms. The molecular formula is C15H21N. The molecule has 1 aromatic carbocycles.